The first-order chi connectivity index (χ1) is 21.0. The van der Waals surface area contributed by atoms with E-state index in [0.717, 1.165) is 5.56 Å². The lowest BCUT2D eigenvalue weighted by atomic mass is 9.89. The second-order valence-electron chi connectivity index (χ2n) is 11.5. The summed E-state index contributed by atoms with van der Waals surface area (Å²) in [6.45, 7) is 14.9. The maximum absolute atomic E-state index is 14.1. The highest BCUT2D eigenvalue weighted by atomic mass is 32.2. The van der Waals surface area contributed by atoms with Crippen molar-refractivity contribution in [1.82, 2.24) is 19.5 Å². The first-order valence-electron chi connectivity index (χ1n) is 14.5. The van der Waals surface area contributed by atoms with Gasteiger partial charge in [-0.25, -0.2) is 4.98 Å². The van der Waals surface area contributed by atoms with Gasteiger partial charge in [-0.1, -0.05) is 53.7 Å². The van der Waals surface area contributed by atoms with Gasteiger partial charge in [-0.15, -0.1) is 0 Å². The molecule has 0 radical (unpaired) electrons. The van der Waals surface area contributed by atoms with E-state index in [4.69, 9.17) is 18.4 Å². The lowest BCUT2D eigenvalue weighted by Gasteiger charge is -2.22. The van der Waals surface area contributed by atoms with Crippen LogP contribution in [0.1, 0.15) is 96.8 Å². The molecule has 0 saturated heterocycles. The second-order valence-corrected chi connectivity index (χ2v) is 13.0. The molecule has 0 fully saturated rings. The summed E-state index contributed by atoms with van der Waals surface area (Å²) in [5.41, 5.74) is 2.36. The second kappa shape index (κ2) is 14.8. The van der Waals surface area contributed by atoms with E-state index >= 15 is 0 Å². The summed E-state index contributed by atoms with van der Waals surface area (Å²) in [4.78, 5) is 47.4. The summed E-state index contributed by atoms with van der Waals surface area (Å²) in [6, 6.07) is 3.79. The molecule has 15 heteroatoms. The van der Waals surface area contributed by atoms with E-state index < -0.39 is 34.1 Å². The predicted octanol–water partition coefficient (Wildman–Crippen LogP) is 4.39. The molecule has 0 spiro atoms. The van der Waals surface area contributed by atoms with Crippen LogP contribution in [0.25, 0.3) is 11.2 Å². The number of rotatable bonds is 14. The van der Waals surface area contributed by atoms with Gasteiger partial charge < -0.3 is 18.4 Å². The molecule has 14 nitrogen and oxygen atoms in total. The number of hydrogen-bond donors (Lipinski definition) is 1. The van der Waals surface area contributed by atoms with Gasteiger partial charge in [-0.3, -0.25) is 24.3 Å². The molecule has 3 rings (SSSR count). The molecule has 1 unspecified atom stereocenters. The fourth-order valence-electron chi connectivity index (χ4n) is 4.45. The summed E-state index contributed by atoms with van der Waals surface area (Å²) in [5, 5.41) is 2.46. The molecule has 1 amide bonds. The number of fused-ring (bicyclic) bond motifs is 1. The summed E-state index contributed by atoms with van der Waals surface area (Å²) in [7, 11) is -4.46. The molecule has 246 valence electrons. The van der Waals surface area contributed by atoms with Gasteiger partial charge in [-0.05, 0) is 34.4 Å². The van der Waals surface area contributed by atoms with Crippen molar-refractivity contribution in [3.63, 3.8) is 0 Å². The molecule has 2 aromatic heterocycles. The predicted molar refractivity (Wildman–Crippen MR) is 164 cm³/mol. The third-order valence-electron chi connectivity index (χ3n) is 6.58. The van der Waals surface area contributed by atoms with Crippen molar-refractivity contribution in [1.29, 1.82) is 0 Å². The molecule has 0 saturated carbocycles. The zero-order chi connectivity index (χ0) is 33.6. The van der Waals surface area contributed by atoms with Crippen LogP contribution in [0.4, 0.5) is 5.95 Å². The molecule has 0 aliphatic heterocycles. The van der Waals surface area contributed by atoms with E-state index in [1.165, 1.54) is 31.7 Å². The maximum Gasteiger partial charge on any atom is 0.341 e. The number of nitrogens with zero attached hydrogens (tertiary/aromatic N) is 4. The van der Waals surface area contributed by atoms with Crippen LogP contribution in [0.15, 0.2) is 23.4 Å². The minimum atomic E-state index is -4.46. The number of benzene rings is 1. The van der Waals surface area contributed by atoms with Gasteiger partial charge in [0.1, 0.15) is 18.2 Å². The zero-order valence-electron chi connectivity index (χ0n) is 27.0. The Balaban J connectivity index is 2.04. The lowest BCUT2D eigenvalue weighted by molar-refractivity contribution is -0.160. The van der Waals surface area contributed by atoms with Gasteiger partial charge in [0.2, 0.25) is 11.9 Å². The average Bonchev–Trinajstić information content (AvgIpc) is 3.32. The molecule has 45 heavy (non-hydrogen) atoms. The number of hydrogen-bond acceptors (Lipinski definition) is 12. The van der Waals surface area contributed by atoms with Crippen molar-refractivity contribution in [2.24, 2.45) is 0 Å². The molecule has 1 atom stereocenters. The van der Waals surface area contributed by atoms with Gasteiger partial charge in [0, 0.05) is 20.8 Å². The van der Waals surface area contributed by atoms with Crippen molar-refractivity contribution in [3.8, 4) is 5.88 Å². The summed E-state index contributed by atoms with van der Waals surface area (Å²) >= 11 is 0. The lowest BCUT2D eigenvalue weighted by Crippen LogP contribution is -2.29. The molecular weight excluding hydrogens is 606 g/mol. The van der Waals surface area contributed by atoms with Crippen LogP contribution in [0.3, 0.4) is 0 Å². The van der Waals surface area contributed by atoms with Gasteiger partial charge in [0.25, 0.3) is 5.88 Å². The van der Waals surface area contributed by atoms with Crippen LogP contribution in [0, 0.1) is 0 Å². The van der Waals surface area contributed by atoms with E-state index in [0.29, 0.717) is 11.1 Å². The summed E-state index contributed by atoms with van der Waals surface area (Å²) in [6.07, 6.45) is 0.460. The number of carbonyl (C=O) groups excluding carboxylic acids is 3. The molecule has 2 heterocycles. The highest BCUT2D eigenvalue weighted by Crippen LogP contribution is 2.37. The molecule has 0 aliphatic rings. The zero-order valence-corrected chi connectivity index (χ0v) is 27.9. The summed E-state index contributed by atoms with van der Waals surface area (Å²) in [5.74, 6) is -2.31. The smallest absolute Gasteiger partial charge is 0.341 e. The Morgan fingerprint density at radius 2 is 1.51 bits per heavy atom. The fourth-order valence-corrected chi connectivity index (χ4v) is 6.03. The van der Waals surface area contributed by atoms with Crippen molar-refractivity contribution in [3.05, 3.63) is 35.2 Å². The van der Waals surface area contributed by atoms with Crippen LogP contribution in [0.2, 0.25) is 0 Å². The standard InChI is InChI=1S/C30H41N5O9S/c1-16(2)22-10-24(17(3)4)27(25(11-22)18(5)6)45(39,40)44-29-26-28(33-30(34-29)32-19(7)36)35(14-31-26)15-41-12-23(43-21(9)38)13-42-20(8)37/h10-11,14,16-18,23H,12-13,15H2,1-9H3,(H,32,33,34,36). The minimum Gasteiger partial charge on any atom is -0.462 e. The Kier molecular flexibility index (Phi) is 11.6. The van der Waals surface area contributed by atoms with Gasteiger partial charge in [-0.2, -0.15) is 18.4 Å². The van der Waals surface area contributed by atoms with Crippen molar-refractivity contribution in [2.45, 2.75) is 97.8 Å². The van der Waals surface area contributed by atoms with Crippen molar-refractivity contribution < 1.29 is 41.2 Å². The van der Waals surface area contributed by atoms with Gasteiger partial charge in [0.15, 0.2) is 17.3 Å². The number of nitrogens with one attached hydrogen (secondary N) is 1. The number of imidazole rings is 1. The topological polar surface area (TPSA) is 178 Å². The van der Waals surface area contributed by atoms with E-state index in [2.05, 4.69) is 20.3 Å². The Morgan fingerprint density at radius 1 is 0.889 bits per heavy atom. The molecule has 3 aromatic rings. The average molecular weight is 648 g/mol. The molecule has 1 N–H and O–H groups in total. The van der Waals surface area contributed by atoms with Gasteiger partial charge in [0.05, 0.1) is 12.9 Å². The van der Waals surface area contributed by atoms with E-state index in [-0.39, 0.29) is 65.6 Å². The first-order valence-corrected chi connectivity index (χ1v) is 15.9. The number of ether oxygens (including phenoxy) is 3. The third kappa shape index (κ3) is 9.20. The van der Waals surface area contributed by atoms with Crippen molar-refractivity contribution >= 4 is 45.1 Å². The molecule has 0 aliphatic carbocycles. The number of aromatic nitrogens is 4. The van der Waals surface area contributed by atoms with Gasteiger partial charge >= 0.3 is 22.1 Å². The van der Waals surface area contributed by atoms with E-state index in [9.17, 15) is 22.8 Å². The molecule has 0 bridgehead atoms. The Labute approximate surface area is 263 Å². The number of anilines is 1. The minimum absolute atomic E-state index is 0.00344. The van der Waals surface area contributed by atoms with Crippen LogP contribution >= 0.6 is 0 Å². The number of amides is 1. The third-order valence-corrected chi connectivity index (χ3v) is 7.93. The Bertz CT molecular complexity index is 1640. The van der Waals surface area contributed by atoms with E-state index in [1.807, 2.05) is 53.7 Å². The highest BCUT2D eigenvalue weighted by Gasteiger charge is 2.31. The Morgan fingerprint density at radius 3 is 2.02 bits per heavy atom. The Hall–Kier alpha value is -4.11. The SMILES string of the molecule is CC(=O)Nc1nc(OS(=O)(=O)c2c(C(C)C)cc(C(C)C)cc2C(C)C)c2ncn(COCC(COC(C)=O)OC(C)=O)c2n1. The van der Waals surface area contributed by atoms with Crippen LogP contribution in [0.5, 0.6) is 5.88 Å². The van der Waals surface area contributed by atoms with Crippen LogP contribution in [-0.4, -0.2) is 65.1 Å². The largest absolute Gasteiger partial charge is 0.462 e. The monoisotopic (exact) mass is 647 g/mol. The highest BCUT2D eigenvalue weighted by molar-refractivity contribution is 7.87. The first kappa shape index (κ1) is 35.4. The van der Waals surface area contributed by atoms with Crippen LogP contribution < -0.4 is 9.50 Å². The quantitative estimate of drug-likeness (QED) is 0.193. The fraction of sp³-hybridized carbons (Fsp3) is 0.533. The number of esters is 2. The maximum atomic E-state index is 14.1. The normalized spacial score (nSPS) is 12.5. The number of carbonyl (C=O) groups is 3. The van der Waals surface area contributed by atoms with Crippen molar-refractivity contribution in [2.75, 3.05) is 18.5 Å². The van der Waals surface area contributed by atoms with E-state index in [1.54, 1.807) is 0 Å². The molecular formula is C30H41N5O9S. The van der Waals surface area contributed by atoms with Crippen LogP contribution in [-0.2, 0) is 45.4 Å². The molecule has 1 aromatic carbocycles. The summed E-state index contributed by atoms with van der Waals surface area (Å²) < 4.78 is 51.0.